The van der Waals surface area contributed by atoms with E-state index in [1.54, 1.807) is 0 Å². The largest absolute Gasteiger partial charge is 0.326 e. The molecule has 0 unspecified atom stereocenters. The molecular weight excluding hydrogens is 198 g/mol. The van der Waals surface area contributed by atoms with Crippen LogP contribution in [0, 0.1) is 6.92 Å². The minimum absolute atomic E-state index is 0.0965. The first-order valence-electron chi connectivity index (χ1n) is 5.95. The number of rotatable bonds is 4. The van der Waals surface area contributed by atoms with Gasteiger partial charge in [-0.3, -0.25) is 4.79 Å². The molecule has 0 aromatic heterocycles. The number of carbonyl (C=O) groups is 1. The van der Waals surface area contributed by atoms with Gasteiger partial charge in [-0.15, -0.1) is 0 Å². The zero-order chi connectivity index (χ0) is 12.1. The molecule has 2 nitrogen and oxygen atoms in total. The second-order valence-corrected chi connectivity index (χ2v) is 4.52. The normalized spacial score (nSPS) is 10.6. The van der Waals surface area contributed by atoms with Crippen molar-refractivity contribution >= 4 is 11.6 Å². The van der Waals surface area contributed by atoms with Crippen molar-refractivity contribution < 1.29 is 4.79 Å². The second kappa shape index (κ2) is 5.69. The van der Waals surface area contributed by atoms with Gasteiger partial charge in [0, 0.05) is 12.1 Å². The number of nitrogens with one attached hydrogen (secondary N) is 1. The molecule has 0 atom stereocenters. The fourth-order valence-electron chi connectivity index (χ4n) is 1.85. The molecule has 88 valence electrons. The van der Waals surface area contributed by atoms with Crippen molar-refractivity contribution in [3.8, 4) is 0 Å². The predicted octanol–water partition coefficient (Wildman–Crippen LogP) is 3.86. The highest BCUT2D eigenvalue weighted by Gasteiger charge is 2.05. The van der Waals surface area contributed by atoms with Crippen molar-refractivity contribution in [2.75, 3.05) is 5.32 Å². The maximum absolute atomic E-state index is 11.4. The van der Waals surface area contributed by atoms with E-state index in [1.165, 1.54) is 11.1 Å². The molecule has 0 spiro atoms. The van der Waals surface area contributed by atoms with Crippen molar-refractivity contribution in [1.82, 2.24) is 0 Å². The van der Waals surface area contributed by atoms with Crippen LogP contribution in [0.3, 0.4) is 0 Å². The van der Waals surface area contributed by atoms with E-state index in [2.05, 4.69) is 32.2 Å². The summed E-state index contributed by atoms with van der Waals surface area (Å²) in [6.45, 7) is 8.45. The standard InChI is InChI=1S/C14H21NO/c1-5-6-14(16)15-12-7-8-13(10(2)3)11(4)9-12/h7-10H,5-6H2,1-4H3,(H,15,16). The van der Waals surface area contributed by atoms with Crippen LogP contribution in [-0.2, 0) is 4.79 Å². The first kappa shape index (κ1) is 12.8. The molecule has 0 bridgehead atoms. The lowest BCUT2D eigenvalue weighted by Crippen LogP contribution is -2.10. The van der Waals surface area contributed by atoms with E-state index >= 15 is 0 Å². The van der Waals surface area contributed by atoms with E-state index in [0.29, 0.717) is 12.3 Å². The quantitative estimate of drug-likeness (QED) is 0.818. The third-order valence-corrected chi connectivity index (χ3v) is 2.65. The Morgan fingerprint density at radius 1 is 1.38 bits per heavy atom. The van der Waals surface area contributed by atoms with Gasteiger partial charge in [-0.2, -0.15) is 0 Å². The molecule has 2 heteroatoms. The number of aryl methyl sites for hydroxylation is 1. The molecule has 0 aliphatic heterocycles. The zero-order valence-electron chi connectivity index (χ0n) is 10.6. The SMILES string of the molecule is CCCC(=O)Nc1ccc(C(C)C)c(C)c1. The molecule has 1 amide bonds. The van der Waals surface area contributed by atoms with Crippen LogP contribution in [0.4, 0.5) is 5.69 Å². The minimum Gasteiger partial charge on any atom is -0.326 e. The Bertz CT molecular complexity index is 369. The van der Waals surface area contributed by atoms with Gasteiger partial charge in [-0.25, -0.2) is 0 Å². The fraction of sp³-hybridized carbons (Fsp3) is 0.500. The monoisotopic (exact) mass is 219 g/mol. The molecule has 0 fully saturated rings. The molecule has 1 rings (SSSR count). The van der Waals surface area contributed by atoms with Gasteiger partial charge in [0.05, 0.1) is 0 Å². The topological polar surface area (TPSA) is 29.1 Å². The highest BCUT2D eigenvalue weighted by atomic mass is 16.1. The van der Waals surface area contributed by atoms with Crippen LogP contribution in [0.2, 0.25) is 0 Å². The van der Waals surface area contributed by atoms with Gasteiger partial charge >= 0.3 is 0 Å². The van der Waals surface area contributed by atoms with Crippen molar-refractivity contribution in [3.05, 3.63) is 29.3 Å². The Balaban J connectivity index is 2.77. The summed E-state index contributed by atoms with van der Waals surface area (Å²) in [5.74, 6) is 0.625. The van der Waals surface area contributed by atoms with Crippen molar-refractivity contribution in [3.63, 3.8) is 0 Å². The van der Waals surface area contributed by atoms with Crippen LogP contribution >= 0.6 is 0 Å². The summed E-state index contributed by atoms with van der Waals surface area (Å²) in [6.07, 6.45) is 1.47. The summed E-state index contributed by atoms with van der Waals surface area (Å²) in [7, 11) is 0. The van der Waals surface area contributed by atoms with Crippen LogP contribution in [0.25, 0.3) is 0 Å². The lowest BCUT2D eigenvalue weighted by Gasteiger charge is -2.12. The van der Waals surface area contributed by atoms with Crippen LogP contribution < -0.4 is 5.32 Å². The lowest BCUT2D eigenvalue weighted by atomic mass is 9.98. The van der Waals surface area contributed by atoms with E-state index in [9.17, 15) is 4.79 Å². The van der Waals surface area contributed by atoms with Gasteiger partial charge in [0.2, 0.25) is 5.91 Å². The second-order valence-electron chi connectivity index (χ2n) is 4.52. The first-order chi connectivity index (χ1) is 7.54. The molecule has 16 heavy (non-hydrogen) atoms. The number of carbonyl (C=O) groups excluding carboxylic acids is 1. The molecular formula is C14H21NO. The number of hydrogen-bond donors (Lipinski definition) is 1. The maximum atomic E-state index is 11.4. The number of benzene rings is 1. The molecule has 0 heterocycles. The van der Waals surface area contributed by atoms with E-state index < -0.39 is 0 Å². The Labute approximate surface area is 98.1 Å². The molecule has 0 saturated heterocycles. The summed E-state index contributed by atoms with van der Waals surface area (Å²) >= 11 is 0. The molecule has 0 saturated carbocycles. The maximum Gasteiger partial charge on any atom is 0.224 e. The van der Waals surface area contributed by atoms with E-state index in [4.69, 9.17) is 0 Å². The number of hydrogen-bond acceptors (Lipinski definition) is 1. The Hall–Kier alpha value is -1.31. The van der Waals surface area contributed by atoms with Crippen LogP contribution in [0.15, 0.2) is 18.2 Å². The van der Waals surface area contributed by atoms with Crippen molar-refractivity contribution in [2.24, 2.45) is 0 Å². The summed E-state index contributed by atoms with van der Waals surface area (Å²) in [5, 5.41) is 2.91. The van der Waals surface area contributed by atoms with Gasteiger partial charge < -0.3 is 5.32 Å². The van der Waals surface area contributed by atoms with Crippen LogP contribution in [-0.4, -0.2) is 5.91 Å². The minimum atomic E-state index is 0.0965. The number of anilines is 1. The molecule has 1 aromatic carbocycles. The third kappa shape index (κ3) is 3.37. The molecule has 1 N–H and O–H groups in total. The van der Waals surface area contributed by atoms with Crippen LogP contribution in [0.5, 0.6) is 0 Å². The van der Waals surface area contributed by atoms with Crippen LogP contribution in [0.1, 0.15) is 50.7 Å². The smallest absolute Gasteiger partial charge is 0.224 e. The molecule has 1 aromatic rings. The van der Waals surface area contributed by atoms with E-state index in [0.717, 1.165) is 12.1 Å². The first-order valence-corrected chi connectivity index (χ1v) is 5.95. The Morgan fingerprint density at radius 2 is 2.06 bits per heavy atom. The van der Waals surface area contributed by atoms with Crippen molar-refractivity contribution in [2.45, 2.75) is 46.5 Å². The highest BCUT2D eigenvalue weighted by Crippen LogP contribution is 2.22. The summed E-state index contributed by atoms with van der Waals surface area (Å²) in [6, 6.07) is 6.13. The molecule has 0 aliphatic rings. The van der Waals surface area contributed by atoms with Gasteiger partial charge in [-0.05, 0) is 42.5 Å². The van der Waals surface area contributed by atoms with Gasteiger partial charge in [0.25, 0.3) is 0 Å². The lowest BCUT2D eigenvalue weighted by molar-refractivity contribution is -0.116. The Morgan fingerprint density at radius 3 is 2.56 bits per heavy atom. The summed E-state index contributed by atoms with van der Waals surface area (Å²) in [4.78, 5) is 11.4. The molecule has 0 radical (unpaired) electrons. The Kier molecular flexibility index (Phi) is 4.53. The third-order valence-electron chi connectivity index (χ3n) is 2.65. The van der Waals surface area contributed by atoms with E-state index in [-0.39, 0.29) is 5.91 Å². The fourth-order valence-corrected chi connectivity index (χ4v) is 1.85. The van der Waals surface area contributed by atoms with Gasteiger partial charge in [0.1, 0.15) is 0 Å². The predicted molar refractivity (Wildman–Crippen MR) is 68.8 cm³/mol. The number of amides is 1. The molecule has 0 aliphatic carbocycles. The summed E-state index contributed by atoms with van der Waals surface area (Å²) in [5.41, 5.74) is 3.48. The average molecular weight is 219 g/mol. The zero-order valence-corrected chi connectivity index (χ0v) is 10.6. The summed E-state index contributed by atoms with van der Waals surface area (Å²) < 4.78 is 0. The average Bonchev–Trinajstić information content (AvgIpc) is 2.17. The highest BCUT2D eigenvalue weighted by molar-refractivity contribution is 5.90. The van der Waals surface area contributed by atoms with Gasteiger partial charge in [-0.1, -0.05) is 26.8 Å². The van der Waals surface area contributed by atoms with Gasteiger partial charge in [0.15, 0.2) is 0 Å². The van der Waals surface area contributed by atoms with Crippen molar-refractivity contribution in [1.29, 1.82) is 0 Å². The van der Waals surface area contributed by atoms with E-state index in [1.807, 2.05) is 19.1 Å².